The molecule has 1 aromatic carbocycles. The van der Waals surface area contributed by atoms with E-state index in [0.29, 0.717) is 12.0 Å². The molecule has 0 heterocycles. The second-order valence-electron chi connectivity index (χ2n) is 5.82. The number of para-hydroxylation sites is 1. The van der Waals surface area contributed by atoms with Crippen LogP contribution in [0.2, 0.25) is 0 Å². The Balaban J connectivity index is 1.85. The van der Waals surface area contributed by atoms with Gasteiger partial charge in [-0.3, -0.25) is 4.79 Å². The summed E-state index contributed by atoms with van der Waals surface area (Å²) in [5, 5.41) is 2.78. The van der Waals surface area contributed by atoms with E-state index in [-0.39, 0.29) is 36.6 Å². The molecule has 0 aromatic heterocycles. The van der Waals surface area contributed by atoms with Crippen LogP contribution in [-0.2, 0) is 11.2 Å². The molecule has 0 spiro atoms. The Morgan fingerprint density at radius 1 is 1.30 bits per heavy atom. The van der Waals surface area contributed by atoms with Gasteiger partial charge in [0.2, 0.25) is 5.91 Å². The van der Waals surface area contributed by atoms with Gasteiger partial charge in [-0.2, -0.15) is 0 Å². The van der Waals surface area contributed by atoms with Gasteiger partial charge in [0, 0.05) is 18.5 Å². The maximum atomic E-state index is 12.3. The first-order valence-electron chi connectivity index (χ1n) is 7.72. The highest BCUT2D eigenvalue weighted by atomic mass is 19.4. The fourth-order valence-electron chi connectivity index (χ4n) is 2.87. The summed E-state index contributed by atoms with van der Waals surface area (Å²) in [4.78, 5) is 12.1. The van der Waals surface area contributed by atoms with Crippen LogP contribution in [0.4, 0.5) is 13.2 Å². The Bertz CT molecular complexity index is 534. The van der Waals surface area contributed by atoms with Crippen LogP contribution in [-0.4, -0.2) is 24.9 Å². The van der Waals surface area contributed by atoms with Crippen LogP contribution < -0.4 is 15.8 Å². The zero-order valence-corrected chi connectivity index (χ0v) is 12.7. The highest BCUT2D eigenvalue weighted by Crippen LogP contribution is 2.26. The third-order valence-corrected chi connectivity index (χ3v) is 3.98. The summed E-state index contributed by atoms with van der Waals surface area (Å²) in [6, 6.07) is 6.00. The lowest BCUT2D eigenvalue weighted by atomic mass is 9.85. The lowest BCUT2D eigenvalue weighted by Gasteiger charge is -2.25. The molecule has 1 aliphatic carbocycles. The predicted octanol–water partition coefficient (Wildman–Crippen LogP) is 2.76. The molecule has 1 aliphatic rings. The largest absolute Gasteiger partial charge is 0.573 e. The number of amides is 1. The average Bonchev–Trinajstić information content (AvgIpc) is 2.47. The van der Waals surface area contributed by atoms with Gasteiger partial charge in [-0.25, -0.2) is 0 Å². The number of ether oxygens (including phenoxy) is 1. The number of hydrogen-bond acceptors (Lipinski definition) is 3. The van der Waals surface area contributed by atoms with E-state index < -0.39 is 6.36 Å². The van der Waals surface area contributed by atoms with E-state index in [9.17, 15) is 18.0 Å². The molecule has 128 valence electrons. The Morgan fingerprint density at radius 3 is 2.74 bits per heavy atom. The maximum Gasteiger partial charge on any atom is 0.573 e. The number of rotatable bonds is 5. The smallest absolute Gasteiger partial charge is 0.406 e. The summed E-state index contributed by atoms with van der Waals surface area (Å²) in [5.41, 5.74) is 6.27. The van der Waals surface area contributed by atoms with Crippen LogP contribution in [0, 0.1) is 5.92 Å². The minimum atomic E-state index is -4.72. The van der Waals surface area contributed by atoms with Crippen LogP contribution in [0.15, 0.2) is 24.3 Å². The first-order valence-corrected chi connectivity index (χ1v) is 7.72. The minimum absolute atomic E-state index is 0.0559. The fraction of sp³-hybridized carbons (Fsp3) is 0.562. The van der Waals surface area contributed by atoms with Crippen molar-refractivity contribution in [1.82, 2.24) is 5.32 Å². The van der Waals surface area contributed by atoms with Crippen molar-refractivity contribution in [3.63, 3.8) is 0 Å². The topological polar surface area (TPSA) is 64.4 Å². The van der Waals surface area contributed by atoms with Gasteiger partial charge in [-0.15, -0.1) is 13.2 Å². The molecule has 3 N–H and O–H groups in total. The van der Waals surface area contributed by atoms with Gasteiger partial charge in [0.15, 0.2) is 0 Å². The van der Waals surface area contributed by atoms with Crippen molar-refractivity contribution >= 4 is 5.91 Å². The van der Waals surface area contributed by atoms with Crippen molar-refractivity contribution in [2.75, 3.05) is 6.54 Å². The molecule has 2 atom stereocenters. The molecule has 0 saturated heterocycles. The zero-order chi connectivity index (χ0) is 16.9. The van der Waals surface area contributed by atoms with Gasteiger partial charge >= 0.3 is 6.36 Å². The third kappa shape index (κ3) is 5.74. The van der Waals surface area contributed by atoms with E-state index in [1.165, 1.54) is 12.1 Å². The molecule has 1 aromatic rings. The molecular formula is C16H21F3N2O2. The van der Waals surface area contributed by atoms with Crippen LogP contribution >= 0.6 is 0 Å². The van der Waals surface area contributed by atoms with E-state index in [2.05, 4.69) is 10.1 Å². The molecule has 1 saturated carbocycles. The second-order valence-corrected chi connectivity index (χ2v) is 5.82. The number of hydrogen-bond donors (Lipinski definition) is 2. The normalized spacial score (nSPS) is 21.7. The Kier molecular flexibility index (Phi) is 5.87. The predicted molar refractivity (Wildman–Crippen MR) is 79.8 cm³/mol. The summed E-state index contributed by atoms with van der Waals surface area (Å²) in [7, 11) is 0. The lowest BCUT2D eigenvalue weighted by Crippen LogP contribution is -2.38. The molecule has 2 unspecified atom stereocenters. The molecule has 1 amide bonds. The lowest BCUT2D eigenvalue weighted by molar-refractivity contribution is -0.274. The summed E-state index contributed by atoms with van der Waals surface area (Å²) in [6.45, 7) is 0.267. The number of halogens is 3. The van der Waals surface area contributed by atoms with Crippen molar-refractivity contribution in [2.24, 2.45) is 11.7 Å². The summed E-state index contributed by atoms with van der Waals surface area (Å²) < 4.78 is 41.0. The first kappa shape index (κ1) is 17.6. The minimum Gasteiger partial charge on any atom is -0.406 e. The van der Waals surface area contributed by atoms with Crippen LogP contribution in [0.3, 0.4) is 0 Å². The number of carbonyl (C=O) groups is 1. The number of benzene rings is 1. The maximum absolute atomic E-state index is 12.3. The summed E-state index contributed by atoms with van der Waals surface area (Å²) in [5.74, 6) is -0.399. The summed E-state index contributed by atoms with van der Waals surface area (Å²) in [6.07, 6.45) is -1.10. The molecule has 23 heavy (non-hydrogen) atoms. The molecule has 0 bridgehead atoms. The van der Waals surface area contributed by atoms with Gasteiger partial charge in [0.25, 0.3) is 0 Å². The van der Waals surface area contributed by atoms with Crippen molar-refractivity contribution in [3.8, 4) is 5.75 Å². The highest BCUT2D eigenvalue weighted by Gasteiger charge is 2.32. The van der Waals surface area contributed by atoms with E-state index in [1.807, 2.05) is 0 Å². The molecule has 0 aliphatic heterocycles. The van der Waals surface area contributed by atoms with E-state index >= 15 is 0 Å². The van der Waals surface area contributed by atoms with Crippen molar-refractivity contribution in [3.05, 3.63) is 29.8 Å². The molecule has 4 nitrogen and oxygen atoms in total. The number of nitrogens with two attached hydrogens (primary N) is 1. The third-order valence-electron chi connectivity index (χ3n) is 3.98. The molecule has 7 heteroatoms. The van der Waals surface area contributed by atoms with Gasteiger partial charge in [-0.1, -0.05) is 24.6 Å². The monoisotopic (exact) mass is 330 g/mol. The van der Waals surface area contributed by atoms with Crippen LogP contribution in [0.5, 0.6) is 5.75 Å². The number of nitrogens with one attached hydrogen (secondary N) is 1. The van der Waals surface area contributed by atoms with Gasteiger partial charge < -0.3 is 15.8 Å². The number of alkyl halides is 3. The number of carbonyl (C=O) groups excluding carboxylic acids is 1. The fourth-order valence-corrected chi connectivity index (χ4v) is 2.87. The average molecular weight is 330 g/mol. The van der Waals surface area contributed by atoms with Crippen molar-refractivity contribution in [2.45, 2.75) is 44.5 Å². The molecule has 1 fully saturated rings. The first-order chi connectivity index (χ1) is 10.8. The summed E-state index contributed by atoms with van der Waals surface area (Å²) >= 11 is 0. The SMILES string of the molecule is NC1CCCC(C(=O)NCCc2ccccc2OC(F)(F)F)C1. The molecule has 2 rings (SSSR count). The van der Waals surface area contributed by atoms with Gasteiger partial charge in [0.1, 0.15) is 5.75 Å². The van der Waals surface area contributed by atoms with Gasteiger partial charge in [-0.05, 0) is 37.3 Å². The Labute approximate surface area is 133 Å². The van der Waals surface area contributed by atoms with Gasteiger partial charge in [0.05, 0.1) is 0 Å². The van der Waals surface area contributed by atoms with E-state index in [4.69, 9.17) is 5.73 Å². The van der Waals surface area contributed by atoms with E-state index in [0.717, 1.165) is 19.3 Å². The quantitative estimate of drug-likeness (QED) is 0.872. The Morgan fingerprint density at radius 2 is 2.04 bits per heavy atom. The second kappa shape index (κ2) is 7.68. The highest BCUT2D eigenvalue weighted by molar-refractivity contribution is 5.78. The van der Waals surface area contributed by atoms with Crippen molar-refractivity contribution < 1.29 is 22.7 Å². The Hall–Kier alpha value is -1.76. The van der Waals surface area contributed by atoms with Crippen LogP contribution in [0.1, 0.15) is 31.2 Å². The van der Waals surface area contributed by atoms with E-state index in [1.54, 1.807) is 12.1 Å². The zero-order valence-electron chi connectivity index (χ0n) is 12.7. The molecule has 0 radical (unpaired) electrons. The van der Waals surface area contributed by atoms with Crippen molar-refractivity contribution in [1.29, 1.82) is 0 Å². The standard InChI is InChI=1S/C16H21F3N2O2/c17-16(18,19)23-14-7-2-1-4-11(14)8-9-21-15(22)12-5-3-6-13(20)10-12/h1-2,4,7,12-13H,3,5-6,8-10,20H2,(H,21,22). The molecular weight excluding hydrogens is 309 g/mol. The van der Waals surface area contributed by atoms with Crippen LogP contribution in [0.25, 0.3) is 0 Å².